The van der Waals surface area contributed by atoms with E-state index >= 15 is 0 Å². The van der Waals surface area contributed by atoms with Crippen LogP contribution in [-0.4, -0.2) is 5.11 Å². The van der Waals surface area contributed by atoms with Crippen LogP contribution in [0.25, 0.3) is 0 Å². The van der Waals surface area contributed by atoms with Crippen LogP contribution in [0.15, 0.2) is 24.3 Å². The Labute approximate surface area is 95.5 Å². The molecule has 2 rings (SSSR count). The molecule has 1 aromatic carbocycles. The average Bonchev–Trinajstić information content (AvgIpc) is 3.09. The van der Waals surface area contributed by atoms with Gasteiger partial charge in [0.1, 0.15) is 5.41 Å². The number of nitrogens with zero attached hydrogens (tertiary/aromatic N) is 1. The quantitative estimate of drug-likeness (QED) is 0.761. The maximum absolute atomic E-state index is 10.5. The van der Waals surface area contributed by atoms with Crippen LogP contribution in [-0.2, 0) is 5.60 Å². The van der Waals surface area contributed by atoms with Crippen LogP contribution < -0.4 is 0 Å². The molecule has 1 saturated carbocycles. The van der Waals surface area contributed by atoms with Crippen molar-refractivity contribution in [1.29, 1.82) is 5.26 Å². The lowest BCUT2D eigenvalue weighted by Crippen LogP contribution is -2.34. The summed E-state index contributed by atoms with van der Waals surface area (Å²) < 4.78 is 0. The van der Waals surface area contributed by atoms with E-state index in [2.05, 4.69) is 12.0 Å². The smallest absolute Gasteiger partial charge is 0.169 e. The number of terminal acetylenes is 1. The predicted octanol–water partition coefficient (Wildman–Crippen LogP) is 2.12. The Hall–Kier alpha value is -1.77. The fraction of sp³-hybridized carbons (Fsp3) is 0.357. The van der Waals surface area contributed by atoms with Crippen LogP contribution in [0.2, 0.25) is 0 Å². The van der Waals surface area contributed by atoms with Crippen molar-refractivity contribution < 1.29 is 5.11 Å². The van der Waals surface area contributed by atoms with Gasteiger partial charge in [0.05, 0.1) is 6.07 Å². The normalized spacial score (nSPS) is 20.2. The summed E-state index contributed by atoms with van der Waals surface area (Å²) in [5.74, 6) is 2.41. The van der Waals surface area contributed by atoms with Crippen molar-refractivity contribution in [1.82, 2.24) is 0 Å². The van der Waals surface area contributed by atoms with Gasteiger partial charge in [-0.05, 0) is 25.3 Å². The Morgan fingerprint density at radius 1 is 1.50 bits per heavy atom. The molecule has 0 saturated heterocycles. The Bertz CT molecular complexity index is 502. The predicted molar refractivity (Wildman–Crippen MR) is 61.2 cm³/mol. The van der Waals surface area contributed by atoms with Crippen molar-refractivity contribution in [3.8, 4) is 18.4 Å². The number of aryl methyl sites for hydroxylation is 1. The largest absolute Gasteiger partial charge is 0.372 e. The third kappa shape index (κ3) is 1.32. The molecule has 2 nitrogen and oxygen atoms in total. The highest BCUT2D eigenvalue weighted by Gasteiger charge is 2.60. The minimum Gasteiger partial charge on any atom is -0.372 e. The van der Waals surface area contributed by atoms with Crippen LogP contribution in [0.1, 0.15) is 24.0 Å². The zero-order valence-electron chi connectivity index (χ0n) is 9.20. The van der Waals surface area contributed by atoms with Gasteiger partial charge < -0.3 is 5.11 Å². The molecular weight excluding hydrogens is 198 g/mol. The number of hydrogen-bond acceptors (Lipinski definition) is 2. The monoisotopic (exact) mass is 211 g/mol. The Morgan fingerprint density at radius 2 is 2.19 bits per heavy atom. The maximum atomic E-state index is 10.5. The lowest BCUT2D eigenvalue weighted by molar-refractivity contribution is 0.0457. The first-order valence-electron chi connectivity index (χ1n) is 5.26. The van der Waals surface area contributed by atoms with Gasteiger partial charge in [-0.25, -0.2) is 0 Å². The molecule has 0 spiro atoms. The summed E-state index contributed by atoms with van der Waals surface area (Å²) >= 11 is 0. The molecule has 1 atom stereocenters. The second-order valence-corrected chi connectivity index (χ2v) is 4.42. The topological polar surface area (TPSA) is 44.0 Å². The molecule has 1 fully saturated rings. The fourth-order valence-electron chi connectivity index (χ4n) is 2.05. The molecule has 0 heterocycles. The van der Waals surface area contributed by atoms with E-state index < -0.39 is 11.0 Å². The number of benzene rings is 1. The Kier molecular flexibility index (Phi) is 2.26. The Morgan fingerprint density at radius 3 is 2.62 bits per heavy atom. The molecule has 1 aromatic rings. The van der Waals surface area contributed by atoms with Gasteiger partial charge >= 0.3 is 0 Å². The van der Waals surface area contributed by atoms with Crippen molar-refractivity contribution in [2.45, 2.75) is 25.4 Å². The van der Waals surface area contributed by atoms with E-state index in [0.717, 1.165) is 5.56 Å². The fourth-order valence-corrected chi connectivity index (χ4v) is 2.05. The number of aliphatic hydroxyl groups is 1. The first-order chi connectivity index (χ1) is 7.58. The summed E-state index contributed by atoms with van der Waals surface area (Å²) in [7, 11) is 0. The zero-order chi connectivity index (χ0) is 11.8. The van der Waals surface area contributed by atoms with E-state index in [-0.39, 0.29) is 0 Å². The number of hydrogen-bond donors (Lipinski definition) is 1. The third-order valence-electron chi connectivity index (χ3n) is 3.30. The molecule has 2 heteroatoms. The van der Waals surface area contributed by atoms with Crippen molar-refractivity contribution in [2.24, 2.45) is 5.41 Å². The molecule has 1 N–H and O–H groups in total. The second-order valence-electron chi connectivity index (χ2n) is 4.42. The van der Waals surface area contributed by atoms with Crippen LogP contribution in [0.5, 0.6) is 0 Å². The molecule has 1 aliphatic carbocycles. The van der Waals surface area contributed by atoms with Gasteiger partial charge in [0.2, 0.25) is 0 Å². The van der Waals surface area contributed by atoms with E-state index in [0.29, 0.717) is 18.4 Å². The lowest BCUT2D eigenvalue weighted by atomic mass is 9.79. The minimum atomic E-state index is -1.45. The first kappa shape index (κ1) is 10.7. The number of nitriles is 1. The summed E-state index contributed by atoms with van der Waals surface area (Å²) in [6.07, 6.45) is 6.77. The van der Waals surface area contributed by atoms with Crippen molar-refractivity contribution >= 4 is 0 Å². The van der Waals surface area contributed by atoms with Gasteiger partial charge in [0, 0.05) is 0 Å². The average molecular weight is 211 g/mol. The van der Waals surface area contributed by atoms with Crippen molar-refractivity contribution in [2.75, 3.05) is 0 Å². The molecular formula is C14H13NO. The molecule has 0 unspecified atom stereocenters. The highest BCUT2D eigenvalue weighted by molar-refractivity contribution is 5.41. The first-order valence-corrected chi connectivity index (χ1v) is 5.26. The summed E-state index contributed by atoms with van der Waals surface area (Å²) in [4.78, 5) is 0. The standard InChI is InChI=1S/C14H13NO/c1-3-14(16,13(10-15)7-8-13)12-6-4-5-11(2)9-12/h1,4-6,9,16H,7-8H2,2H3/t14-/m1/s1. The van der Waals surface area contributed by atoms with Crippen molar-refractivity contribution in [3.05, 3.63) is 35.4 Å². The number of rotatable bonds is 2. The van der Waals surface area contributed by atoms with Gasteiger partial charge in [0.25, 0.3) is 0 Å². The van der Waals surface area contributed by atoms with Gasteiger partial charge in [-0.3, -0.25) is 0 Å². The summed E-state index contributed by atoms with van der Waals surface area (Å²) in [6, 6.07) is 9.58. The highest BCUT2D eigenvalue weighted by atomic mass is 16.3. The SMILES string of the molecule is C#C[C@@](O)(c1cccc(C)c1)C1(C#N)CC1. The molecule has 16 heavy (non-hydrogen) atoms. The molecule has 0 aliphatic heterocycles. The molecule has 0 bridgehead atoms. The van der Waals surface area contributed by atoms with E-state index in [9.17, 15) is 5.11 Å². The van der Waals surface area contributed by atoms with Crippen LogP contribution in [0, 0.1) is 36.0 Å². The molecule has 80 valence electrons. The van der Waals surface area contributed by atoms with Crippen LogP contribution in [0.4, 0.5) is 0 Å². The third-order valence-corrected chi connectivity index (χ3v) is 3.30. The highest BCUT2D eigenvalue weighted by Crippen LogP contribution is 2.57. The van der Waals surface area contributed by atoms with E-state index in [1.54, 1.807) is 6.07 Å². The molecule has 0 radical (unpaired) electrons. The van der Waals surface area contributed by atoms with Gasteiger partial charge in [0.15, 0.2) is 5.60 Å². The van der Waals surface area contributed by atoms with Crippen LogP contribution in [0.3, 0.4) is 0 Å². The van der Waals surface area contributed by atoms with Gasteiger partial charge in [-0.1, -0.05) is 35.7 Å². The zero-order valence-corrected chi connectivity index (χ0v) is 9.20. The van der Waals surface area contributed by atoms with E-state index in [4.69, 9.17) is 11.7 Å². The van der Waals surface area contributed by atoms with E-state index in [1.165, 1.54) is 0 Å². The second kappa shape index (κ2) is 3.37. The molecule has 0 amide bonds. The maximum Gasteiger partial charge on any atom is 0.169 e. The van der Waals surface area contributed by atoms with Gasteiger partial charge in [-0.15, -0.1) is 6.42 Å². The Balaban J connectivity index is 2.53. The summed E-state index contributed by atoms with van der Waals surface area (Å²) in [5, 5.41) is 19.7. The lowest BCUT2D eigenvalue weighted by Gasteiger charge is -2.27. The molecule has 0 aromatic heterocycles. The molecule has 1 aliphatic rings. The van der Waals surface area contributed by atoms with Crippen molar-refractivity contribution in [3.63, 3.8) is 0 Å². The van der Waals surface area contributed by atoms with Crippen LogP contribution >= 0.6 is 0 Å². The van der Waals surface area contributed by atoms with E-state index in [1.807, 2.05) is 25.1 Å². The summed E-state index contributed by atoms with van der Waals surface area (Å²) in [5.41, 5.74) is -0.558. The van der Waals surface area contributed by atoms with Gasteiger partial charge in [-0.2, -0.15) is 5.26 Å². The summed E-state index contributed by atoms with van der Waals surface area (Å²) in [6.45, 7) is 1.94. The minimum absolute atomic E-state index is 0.647.